The first-order chi connectivity index (χ1) is 20.6. The van der Waals surface area contributed by atoms with E-state index in [0.29, 0.717) is 19.6 Å². The summed E-state index contributed by atoms with van der Waals surface area (Å²) in [6.07, 6.45) is 10.3. The van der Waals surface area contributed by atoms with E-state index in [1.54, 1.807) is 14.2 Å². The third-order valence-electron chi connectivity index (χ3n) is 7.24. The lowest BCUT2D eigenvalue weighted by molar-refractivity contribution is -0.120. The van der Waals surface area contributed by atoms with Crippen LogP contribution < -0.4 is 19.5 Å². The Morgan fingerprint density at radius 1 is 0.905 bits per heavy atom. The van der Waals surface area contributed by atoms with Crippen LogP contribution in [0.15, 0.2) is 72.8 Å². The lowest BCUT2D eigenvalue weighted by atomic mass is 10.1. The number of aryl methyl sites for hydroxylation is 2. The number of ether oxygens (including phenoxy) is 3. The second kappa shape index (κ2) is 16.2. The number of aromatic nitrogens is 2. The summed E-state index contributed by atoms with van der Waals surface area (Å²) in [6, 6.07) is 22.0. The molecular weight excluding hydrogens is 526 g/mol. The minimum Gasteiger partial charge on any atom is -0.497 e. The summed E-state index contributed by atoms with van der Waals surface area (Å²) < 4.78 is 19.1. The van der Waals surface area contributed by atoms with Crippen molar-refractivity contribution in [2.45, 2.75) is 58.4 Å². The van der Waals surface area contributed by atoms with Crippen LogP contribution in [0.1, 0.15) is 56.0 Å². The largest absolute Gasteiger partial charge is 0.497 e. The third-order valence-corrected chi connectivity index (χ3v) is 7.24. The number of nitrogens with one attached hydrogen (secondary N) is 1. The Kier molecular flexibility index (Phi) is 11.9. The van der Waals surface area contributed by atoms with E-state index in [0.717, 1.165) is 84.8 Å². The molecule has 1 heterocycles. The summed E-state index contributed by atoms with van der Waals surface area (Å²) in [5, 5.41) is 3.04. The number of benzene rings is 3. The molecule has 7 nitrogen and oxygen atoms in total. The molecule has 0 bridgehead atoms. The third kappa shape index (κ3) is 8.87. The van der Waals surface area contributed by atoms with E-state index >= 15 is 0 Å². The highest BCUT2D eigenvalue weighted by atomic mass is 16.5. The van der Waals surface area contributed by atoms with Crippen molar-refractivity contribution < 1.29 is 19.0 Å². The van der Waals surface area contributed by atoms with E-state index in [2.05, 4.69) is 28.1 Å². The maximum Gasteiger partial charge on any atom is 0.224 e. The van der Waals surface area contributed by atoms with Crippen molar-refractivity contribution in [2.75, 3.05) is 27.4 Å². The lowest BCUT2D eigenvalue weighted by Gasteiger charge is -2.12. The predicted molar refractivity (Wildman–Crippen MR) is 169 cm³/mol. The summed E-state index contributed by atoms with van der Waals surface area (Å²) in [4.78, 5) is 17.2. The van der Waals surface area contributed by atoms with Gasteiger partial charge in [-0.05, 0) is 80.1 Å². The number of methoxy groups -OCH3 is 2. The van der Waals surface area contributed by atoms with Crippen LogP contribution in [0, 0.1) is 0 Å². The molecule has 4 rings (SSSR count). The molecular formula is C35H43N3O4. The maximum absolute atomic E-state index is 12.3. The van der Waals surface area contributed by atoms with Gasteiger partial charge in [0.1, 0.15) is 11.6 Å². The zero-order chi connectivity index (χ0) is 29.6. The summed E-state index contributed by atoms with van der Waals surface area (Å²) in [5.74, 6) is 3.50. The Morgan fingerprint density at radius 3 is 2.52 bits per heavy atom. The average molecular weight is 570 g/mol. The fourth-order valence-electron chi connectivity index (χ4n) is 5.02. The van der Waals surface area contributed by atoms with Gasteiger partial charge in [-0.1, -0.05) is 48.9 Å². The van der Waals surface area contributed by atoms with E-state index in [4.69, 9.17) is 19.2 Å². The topological polar surface area (TPSA) is 74.6 Å². The molecule has 42 heavy (non-hydrogen) atoms. The normalized spacial score (nSPS) is 11.2. The minimum atomic E-state index is 0.0510. The molecule has 0 atom stereocenters. The van der Waals surface area contributed by atoms with Crippen LogP contribution in [-0.4, -0.2) is 42.8 Å². The molecule has 0 fully saturated rings. The molecule has 0 aliphatic heterocycles. The standard InChI is InChI=1S/C35H43N3O4/c1-4-12-27-18-21-32(33(25-27)41-3)42-24-11-10-23-38-31-14-8-7-13-30(31)37-34(38)15-6-5-9-22-36-35(39)26-28-16-19-29(40-2)20-17-28/h4,7-8,12-14,16-21,25H,5-6,9-11,15,22-24,26H2,1-3H3,(H,36,39)/b12-4+. The minimum absolute atomic E-state index is 0.0510. The molecule has 4 aromatic rings. The molecule has 1 amide bonds. The second-order valence-corrected chi connectivity index (χ2v) is 10.3. The molecule has 0 unspecified atom stereocenters. The summed E-state index contributed by atoms with van der Waals surface area (Å²) in [7, 11) is 3.31. The van der Waals surface area contributed by atoms with Crippen LogP contribution in [-0.2, 0) is 24.2 Å². The number of hydrogen-bond acceptors (Lipinski definition) is 5. The first kappa shape index (κ1) is 30.7. The van der Waals surface area contributed by atoms with E-state index in [9.17, 15) is 4.79 Å². The Hall–Kier alpha value is -4.26. The van der Waals surface area contributed by atoms with Crippen LogP contribution in [0.3, 0.4) is 0 Å². The van der Waals surface area contributed by atoms with E-state index < -0.39 is 0 Å². The number of fused-ring (bicyclic) bond motifs is 1. The van der Waals surface area contributed by atoms with Crippen LogP contribution in [0.2, 0.25) is 0 Å². The van der Waals surface area contributed by atoms with Gasteiger partial charge in [0.25, 0.3) is 0 Å². The number of para-hydroxylation sites is 2. The number of rotatable bonds is 17. The maximum atomic E-state index is 12.3. The highest BCUT2D eigenvalue weighted by Crippen LogP contribution is 2.29. The van der Waals surface area contributed by atoms with Crippen LogP contribution in [0.4, 0.5) is 0 Å². The molecule has 0 saturated heterocycles. The fourth-order valence-corrected chi connectivity index (χ4v) is 5.02. The number of carbonyl (C=O) groups is 1. The molecule has 1 aromatic heterocycles. The molecule has 3 aromatic carbocycles. The highest BCUT2D eigenvalue weighted by Gasteiger charge is 2.11. The SMILES string of the molecule is C/C=C/c1ccc(OCCCCn2c(CCCCCNC(=O)Cc3ccc(OC)cc3)nc3ccccc32)c(OC)c1. The van der Waals surface area contributed by atoms with Gasteiger partial charge >= 0.3 is 0 Å². The highest BCUT2D eigenvalue weighted by molar-refractivity contribution is 5.78. The number of hydrogen-bond donors (Lipinski definition) is 1. The average Bonchev–Trinajstić information content (AvgIpc) is 3.36. The molecule has 0 radical (unpaired) electrons. The Bertz CT molecular complexity index is 1440. The van der Waals surface area contributed by atoms with Crippen molar-refractivity contribution in [2.24, 2.45) is 0 Å². The Morgan fingerprint density at radius 2 is 1.74 bits per heavy atom. The second-order valence-electron chi connectivity index (χ2n) is 10.3. The summed E-state index contributed by atoms with van der Waals surface area (Å²) in [5.41, 5.74) is 4.30. The van der Waals surface area contributed by atoms with Gasteiger partial charge in [-0.3, -0.25) is 4.79 Å². The molecule has 0 saturated carbocycles. The molecule has 0 aliphatic carbocycles. The van der Waals surface area contributed by atoms with Gasteiger partial charge in [-0.2, -0.15) is 0 Å². The number of unbranched alkanes of at least 4 members (excludes halogenated alkanes) is 3. The lowest BCUT2D eigenvalue weighted by Crippen LogP contribution is -2.26. The summed E-state index contributed by atoms with van der Waals surface area (Å²) in [6.45, 7) is 4.22. The zero-order valence-corrected chi connectivity index (χ0v) is 25.1. The summed E-state index contributed by atoms with van der Waals surface area (Å²) >= 11 is 0. The van der Waals surface area contributed by atoms with Crippen LogP contribution in [0.5, 0.6) is 17.2 Å². The molecule has 222 valence electrons. The van der Waals surface area contributed by atoms with Gasteiger partial charge in [-0.25, -0.2) is 4.98 Å². The van der Waals surface area contributed by atoms with Crippen molar-refractivity contribution in [3.8, 4) is 17.2 Å². The number of imidazole rings is 1. The van der Waals surface area contributed by atoms with Crippen LogP contribution >= 0.6 is 0 Å². The van der Waals surface area contributed by atoms with E-state index in [1.807, 2.05) is 67.6 Å². The van der Waals surface area contributed by atoms with Gasteiger partial charge in [0, 0.05) is 19.5 Å². The first-order valence-electron chi connectivity index (χ1n) is 14.9. The number of nitrogens with zero attached hydrogens (tertiary/aromatic N) is 2. The van der Waals surface area contributed by atoms with Gasteiger partial charge in [0.15, 0.2) is 11.5 Å². The van der Waals surface area contributed by atoms with Gasteiger partial charge in [0.2, 0.25) is 5.91 Å². The monoisotopic (exact) mass is 569 g/mol. The number of amides is 1. The van der Waals surface area contributed by atoms with Crippen molar-refractivity contribution in [3.63, 3.8) is 0 Å². The van der Waals surface area contributed by atoms with E-state index in [-0.39, 0.29) is 5.91 Å². The van der Waals surface area contributed by atoms with Crippen molar-refractivity contribution in [1.29, 1.82) is 0 Å². The van der Waals surface area contributed by atoms with Gasteiger partial charge in [-0.15, -0.1) is 0 Å². The van der Waals surface area contributed by atoms with Crippen molar-refractivity contribution in [3.05, 3.63) is 89.8 Å². The zero-order valence-electron chi connectivity index (χ0n) is 25.1. The first-order valence-corrected chi connectivity index (χ1v) is 14.9. The van der Waals surface area contributed by atoms with Crippen molar-refractivity contribution in [1.82, 2.24) is 14.9 Å². The quantitative estimate of drug-likeness (QED) is 0.138. The van der Waals surface area contributed by atoms with Gasteiger partial charge < -0.3 is 24.1 Å². The smallest absolute Gasteiger partial charge is 0.224 e. The van der Waals surface area contributed by atoms with E-state index in [1.165, 1.54) is 5.52 Å². The molecule has 7 heteroatoms. The Labute approximate surface area is 249 Å². The van der Waals surface area contributed by atoms with Crippen molar-refractivity contribution >= 4 is 23.0 Å². The Balaban J connectivity index is 1.20. The fraction of sp³-hybridized carbons (Fsp3) is 0.371. The number of carbonyl (C=O) groups excluding carboxylic acids is 1. The number of allylic oxidation sites excluding steroid dienone is 1. The molecule has 0 spiro atoms. The molecule has 0 aliphatic rings. The van der Waals surface area contributed by atoms with Crippen LogP contribution in [0.25, 0.3) is 17.1 Å². The molecule has 1 N–H and O–H groups in total. The van der Waals surface area contributed by atoms with Gasteiger partial charge in [0.05, 0.1) is 38.3 Å². The predicted octanol–water partition coefficient (Wildman–Crippen LogP) is 7.02.